The van der Waals surface area contributed by atoms with Gasteiger partial charge in [-0.15, -0.1) is 0 Å². The lowest BCUT2D eigenvalue weighted by Gasteiger charge is -2.12. The molecule has 1 atom stereocenters. The molecule has 0 aliphatic rings. The third kappa shape index (κ3) is 6.40. The Morgan fingerprint density at radius 3 is 2.31 bits per heavy atom. The summed E-state index contributed by atoms with van der Waals surface area (Å²) >= 11 is 0. The topological polar surface area (TPSA) is 102 Å². The van der Waals surface area contributed by atoms with Crippen LogP contribution in [0.4, 0.5) is 5.69 Å². The predicted octanol–water partition coefficient (Wildman–Crippen LogP) is 3.18. The van der Waals surface area contributed by atoms with Gasteiger partial charge in [0.1, 0.15) is 0 Å². The normalized spacial score (nSPS) is 12.3. The first kappa shape index (κ1) is 22.6. The van der Waals surface area contributed by atoms with Crippen molar-refractivity contribution in [2.45, 2.75) is 45.1 Å². The second-order valence-electron chi connectivity index (χ2n) is 6.90. The molecule has 0 saturated carbocycles. The molecular formula is C21H26N2O5S. The second kappa shape index (κ2) is 9.67. The summed E-state index contributed by atoms with van der Waals surface area (Å²) < 4.78 is 32.0. The van der Waals surface area contributed by atoms with E-state index in [1.54, 1.807) is 13.0 Å². The molecule has 1 amide bonds. The third-order valence-electron chi connectivity index (χ3n) is 4.36. The van der Waals surface area contributed by atoms with Crippen LogP contribution >= 0.6 is 0 Å². The Bertz CT molecular complexity index is 985. The van der Waals surface area contributed by atoms with Gasteiger partial charge in [0.2, 0.25) is 10.0 Å². The van der Waals surface area contributed by atoms with Gasteiger partial charge in [-0.2, -0.15) is 0 Å². The highest BCUT2D eigenvalue weighted by Crippen LogP contribution is 2.16. The number of carbonyl (C=O) groups is 2. The molecule has 0 aromatic heterocycles. The molecular weight excluding hydrogens is 392 g/mol. The van der Waals surface area contributed by atoms with Crippen LogP contribution in [-0.4, -0.2) is 32.9 Å². The fraction of sp³-hybridized carbons (Fsp3) is 0.333. The zero-order valence-corrected chi connectivity index (χ0v) is 17.8. The number of esters is 1. The molecule has 0 unspecified atom stereocenters. The van der Waals surface area contributed by atoms with Crippen molar-refractivity contribution in [1.29, 1.82) is 0 Å². The van der Waals surface area contributed by atoms with E-state index in [9.17, 15) is 18.0 Å². The summed E-state index contributed by atoms with van der Waals surface area (Å²) in [6.45, 7) is 7.04. The molecule has 0 aliphatic heterocycles. The van der Waals surface area contributed by atoms with E-state index in [1.165, 1.54) is 24.3 Å². The van der Waals surface area contributed by atoms with Gasteiger partial charge in [0.25, 0.3) is 5.91 Å². The fourth-order valence-corrected chi connectivity index (χ4v) is 3.87. The number of aryl methyl sites for hydroxylation is 2. The van der Waals surface area contributed by atoms with Crippen LogP contribution in [-0.2, 0) is 19.6 Å². The molecule has 2 N–H and O–H groups in total. The van der Waals surface area contributed by atoms with Gasteiger partial charge in [0.15, 0.2) is 6.61 Å². The average Bonchev–Trinajstić information content (AvgIpc) is 2.68. The highest BCUT2D eigenvalue weighted by Gasteiger charge is 2.18. The summed E-state index contributed by atoms with van der Waals surface area (Å²) in [6.07, 6.45) is 0.661. The van der Waals surface area contributed by atoms with Gasteiger partial charge in [-0.25, -0.2) is 17.9 Å². The van der Waals surface area contributed by atoms with E-state index in [-0.39, 0.29) is 16.5 Å². The van der Waals surface area contributed by atoms with Crippen LogP contribution in [0.5, 0.6) is 0 Å². The minimum Gasteiger partial charge on any atom is -0.452 e. The van der Waals surface area contributed by atoms with Crippen molar-refractivity contribution in [1.82, 2.24) is 4.72 Å². The Balaban J connectivity index is 1.94. The third-order valence-corrected chi connectivity index (χ3v) is 5.96. The molecule has 2 rings (SSSR count). The zero-order chi connectivity index (χ0) is 21.6. The van der Waals surface area contributed by atoms with Crippen molar-refractivity contribution in [3.05, 3.63) is 59.2 Å². The molecule has 0 bridgehead atoms. The molecule has 0 heterocycles. The predicted molar refractivity (Wildman–Crippen MR) is 111 cm³/mol. The molecule has 0 spiro atoms. The molecule has 0 saturated heterocycles. The van der Waals surface area contributed by atoms with E-state index in [0.29, 0.717) is 12.1 Å². The summed E-state index contributed by atoms with van der Waals surface area (Å²) in [7, 11) is -3.65. The minimum absolute atomic E-state index is 0.0574. The standard InChI is InChI=1S/C21H26N2O5S/c1-5-16(4)23-29(26,27)18-9-7-17(8-10-18)21(25)28-13-20(24)22-19-11-6-14(2)12-15(19)3/h6-12,16,23H,5,13H2,1-4H3,(H,22,24)/t16-/m0/s1. The summed E-state index contributed by atoms with van der Waals surface area (Å²) in [5.74, 6) is -1.16. The number of hydrogen-bond donors (Lipinski definition) is 2. The van der Waals surface area contributed by atoms with Gasteiger partial charge in [0.05, 0.1) is 10.5 Å². The lowest BCUT2D eigenvalue weighted by molar-refractivity contribution is -0.119. The van der Waals surface area contributed by atoms with E-state index in [4.69, 9.17) is 4.74 Å². The molecule has 0 aliphatic carbocycles. The maximum Gasteiger partial charge on any atom is 0.338 e. The van der Waals surface area contributed by atoms with E-state index in [2.05, 4.69) is 10.0 Å². The van der Waals surface area contributed by atoms with Crippen molar-refractivity contribution in [3.8, 4) is 0 Å². The Hall–Kier alpha value is -2.71. The smallest absolute Gasteiger partial charge is 0.338 e. The Morgan fingerprint density at radius 2 is 1.72 bits per heavy atom. The van der Waals surface area contributed by atoms with Crippen molar-refractivity contribution < 1.29 is 22.7 Å². The number of rotatable bonds is 8. The number of amides is 1. The summed E-state index contributed by atoms with van der Waals surface area (Å²) in [6, 6.07) is 10.8. The van der Waals surface area contributed by atoms with Gasteiger partial charge in [0, 0.05) is 11.7 Å². The Morgan fingerprint density at radius 1 is 1.07 bits per heavy atom. The second-order valence-corrected chi connectivity index (χ2v) is 8.61. The van der Waals surface area contributed by atoms with E-state index in [1.807, 2.05) is 32.9 Å². The van der Waals surface area contributed by atoms with Crippen LogP contribution in [0.3, 0.4) is 0 Å². The average molecular weight is 419 g/mol. The zero-order valence-electron chi connectivity index (χ0n) is 17.0. The van der Waals surface area contributed by atoms with Crippen molar-refractivity contribution in [2.24, 2.45) is 0 Å². The van der Waals surface area contributed by atoms with Gasteiger partial charge in [-0.05, 0) is 63.1 Å². The van der Waals surface area contributed by atoms with E-state index >= 15 is 0 Å². The molecule has 8 heteroatoms. The number of carbonyl (C=O) groups excluding carboxylic acids is 2. The van der Waals surface area contributed by atoms with Gasteiger partial charge in [-0.1, -0.05) is 24.6 Å². The van der Waals surface area contributed by atoms with Crippen LogP contribution in [0.15, 0.2) is 47.4 Å². The van der Waals surface area contributed by atoms with Crippen LogP contribution in [0.2, 0.25) is 0 Å². The molecule has 156 valence electrons. The first-order chi connectivity index (χ1) is 13.6. The Labute approximate surface area is 171 Å². The lowest BCUT2D eigenvalue weighted by atomic mass is 10.1. The van der Waals surface area contributed by atoms with Gasteiger partial charge in [-0.3, -0.25) is 4.79 Å². The maximum absolute atomic E-state index is 12.2. The van der Waals surface area contributed by atoms with Crippen LogP contribution < -0.4 is 10.0 Å². The maximum atomic E-state index is 12.2. The molecule has 2 aromatic rings. The number of ether oxygens (including phenoxy) is 1. The fourth-order valence-electron chi connectivity index (χ4n) is 2.54. The first-order valence-electron chi connectivity index (χ1n) is 9.29. The van der Waals surface area contributed by atoms with Crippen LogP contribution in [0, 0.1) is 13.8 Å². The van der Waals surface area contributed by atoms with Crippen LogP contribution in [0.1, 0.15) is 41.8 Å². The van der Waals surface area contributed by atoms with Crippen LogP contribution in [0.25, 0.3) is 0 Å². The Kier molecular flexibility index (Phi) is 7.53. The van der Waals surface area contributed by atoms with E-state index < -0.39 is 28.5 Å². The summed E-state index contributed by atoms with van der Waals surface area (Å²) in [5.41, 5.74) is 2.80. The SMILES string of the molecule is CC[C@H](C)NS(=O)(=O)c1ccc(C(=O)OCC(=O)Nc2ccc(C)cc2C)cc1. The number of hydrogen-bond acceptors (Lipinski definition) is 5. The highest BCUT2D eigenvalue weighted by molar-refractivity contribution is 7.89. The molecule has 0 radical (unpaired) electrons. The quantitative estimate of drug-likeness (QED) is 0.641. The molecule has 2 aromatic carbocycles. The minimum atomic E-state index is -3.65. The molecule has 7 nitrogen and oxygen atoms in total. The van der Waals surface area contributed by atoms with Crippen molar-refractivity contribution in [3.63, 3.8) is 0 Å². The molecule has 0 fully saturated rings. The van der Waals surface area contributed by atoms with Crippen molar-refractivity contribution >= 4 is 27.6 Å². The van der Waals surface area contributed by atoms with Gasteiger partial charge < -0.3 is 10.1 Å². The molecule has 29 heavy (non-hydrogen) atoms. The number of anilines is 1. The highest BCUT2D eigenvalue weighted by atomic mass is 32.2. The van der Waals surface area contributed by atoms with Gasteiger partial charge >= 0.3 is 5.97 Å². The van der Waals surface area contributed by atoms with Crippen molar-refractivity contribution in [2.75, 3.05) is 11.9 Å². The largest absolute Gasteiger partial charge is 0.452 e. The van der Waals surface area contributed by atoms with E-state index in [0.717, 1.165) is 11.1 Å². The summed E-state index contributed by atoms with van der Waals surface area (Å²) in [4.78, 5) is 24.2. The number of nitrogens with one attached hydrogen (secondary N) is 2. The first-order valence-corrected chi connectivity index (χ1v) is 10.8. The summed E-state index contributed by atoms with van der Waals surface area (Å²) in [5, 5.41) is 2.69. The number of benzene rings is 2. The monoisotopic (exact) mass is 418 g/mol. The lowest BCUT2D eigenvalue weighted by Crippen LogP contribution is -2.32. The number of sulfonamides is 1.